The number of nitrogens with two attached hydrogens (primary N) is 1. The Morgan fingerprint density at radius 2 is 2.00 bits per heavy atom. The molecule has 1 aliphatic rings. The third kappa shape index (κ3) is 4.20. The maximum Gasteiger partial charge on any atom is 0.257 e. The van der Waals surface area contributed by atoms with Gasteiger partial charge in [0.1, 0.15) is 5.82 Å². The number of ether oxygens (including phenoxy) is 2. The molecule has 31 heavy (non-hydrogen) atoms. The summed E-state index contributed by atoms with van der Waals surface area (Å²) in [4.78, 5) is 24.1. The van der Waals surface area contributed by atoms with Crippen LogP contribution in [0.2, 0.25) is 5.02 Å². The molecule has 2 aromatic carbocycles. The zero-order valence-corrected chi connectivity index (χ0v) is 17.6. The number of nitrogens with zero attached hydrogens (tertiary/aromatic N) is 2. The van der Waals surface area contributed by atoms with Crippen LogP contribution in [-0.4, -0.2) is 35.3 Å². The number of halogens is 1. The lowest BCUT2D eigenvalue weighted by molar-refractivity contribution is -0.119. The van der Waals surface area contributed by atoms with Gasteiger partial charge in [-0.25, -0.2) is 4.68 Å². The van der Waals surface area contributed by atoms with Crippen LogP contribution in [0.15, 0.2) is 42.5 Å². The number of carbonyl (C=O) groups is 2. The Labute approximate surface area is 183 Å². The molecule has 8 nitrogen and oxygen atoms in total. The van der Waals surface area contributed by atoms with E-state index in [4.69, 9.17) is 31.9 Å². The maximum atomic E-state index is 13.1. The molecule has 160 valence electrons. The van der Waals surface area contributed by atoms with Gasteiger partial charge in [-0.3, -0.25) is 9.59 Å². The van der Waals surface area contributed by atoms with E-state index in [9.17, 15) is 9.59 Å². The number of benzene rings is 2. The quantitative estimate of drug-likeness (QED) is 0.586. The third-order valence-corrected chi connectivity index (χ3v) is 5.27. The molecule has 3 N–H and O–H groups in total. The average molecular weight is 441 g/mol. The number of hydrogen-bond acceptors (Lipinski definition) is 5. The summed E-state index contributed by atoms with van der Waals surface area (Å²) < 4.78 is 12.4. The topological polar surface area (TPSA) is 108 Å². The number of fused-ring (bicyclic) bond motifs is 1. The molecule has 0 radical (unpaired) electrons. The van der Waals surface area contributed by atoms with Crippen molar-refractivity contribution in [2.75, 3.05) is 19.0 Å². The first kappa shape index (κ1) is 20.7. The molecule has 9 heteroatoms. The number of carbonyl (C=O) groups excluding carboxylic acids is 2. The number of hydrogen-bond donors (Lipinski definition) is 2. The molecule has 1 heterocycles. The van der Waals surface area contributed by atoms with Gasteiger partial charge in [0, 0.05) is 11.1 Å². The number of nitrogens with one attached hydrogen (secondary N) is 1. The van der Waals surface area contributed by atoms with Gasteiger partial charge in [0.25, 0.3) is 11.8 Å². The standard InChI is InChI=1S/C22H21ClN4O4/c1-30-18-11-13(10-16(23)20(18)31-12-19(24)28)22(29)25-21-15-8-5-9-17(15)26-27(21)14-6-3-2-4-7-14/h2-4,6-7,10-11H,5,8-9,12H2,1H3,(H2,24,28)(H,25,29). The summed E-state index contributed by atoms with van der Waals surface area (Å²) in [5.74, 6) is -0.000299. The highest BCUT2D eigenvalue weighted by atomic mass is 35.5. The van der Waals surface area contributed by atoms with Gasteiger partial charge in [-0.15, -0.1) is 0 Å². The van der Waals surface area contributed by atoms with Crippen LogP contribution in [0.25, 0.3) is 5.69 Å². The fourth-order valence-corrected chi connectivity index (χ4v) is 3.86. The van der Waals surface area contributed by atoms with Crippen LogP contribution in [0, 0.1) is 0 Å². The molecule has 0 unspecified atom stereocenters. The Morgan fingerprint density at radius 1 is 1.23 bits per heavy atom. The summed E-state index contributed by atoms with van der Waals surface area (Å²) in [6.45, 7) is -0.357. The second-order valence-electron chi connectivity index (χ2n) is 7.07. The molecule has 2 amide bonds. The lowest BCUT2D eigenvalue weighted by Gasteiger charge is -2.14. The van der Waals surface area contributed by atoms with Crippen LogP contribution in [0.4, 0.5) is 5.82 Å². The second-order valence-corrected chi connectivity index (χ2v) is 7.48. The zero-order chi connectivity index (χ0) is 22.0. The fraction of sp³-hybridized carbons (Fsp3) is 0.227. The van der Waals surface area contributed by atoms with Crippen molar-refractivity contribution in [1.29, 1.82) is 0 Å². The zero-order valence-electron chi connectivity index (χ0n) is 16.9. The van der Waals surface area contributed by atoms with Crippen LogP contribution in [0.5, 0.6) is 11.5 Å². The van der Waals surface area contributed by atoms with Gasteiger partial charge in [0.2, 0.25) is 0 Å². The number of rotatable bonds is 7. The minimum absolute atomic E-state index is 0.132. The van der Waals surface area contributed by atoms with Crippen molar-refractivity contribution >= 4 is 29.2 Å². The summed E-state index contributed by atoms with van der Waals surface area (Å²) in [7, 11) is 1.42. The van der Waals surface area contributed by atoms with Gasteiger partial charge in [-0.05, 0) is 43.5 Å². The number of aromatic nitrogens is 2. The Balaban J connectivity index is 1.66. The van der Waals surface area contributed by atoms with E-state index in [-0.39, 0.29) is 34.6 Å². The van der Waals surface area contributed by atoms with Gasteiger partial charge >= 0.3 is 0 Å². The highest BCUT2D eigenvalue weighted by Crippen LogP contribution is 2.37. The Hall–Kier alpha value is -3.52. The summed E-state index contributed by atoms with van der Waals surface area (Å²) in [6, 6.07) is 12.6. The van der Waals surface area contributed by atoms with E-state index in [1.54, 1.807) is 4.68 Å². The lowest BCUT2D eigenvalue weighted by Crippen LogP contribution is -2.20. The number of amides is 2. The molecule has 1 aliphatic carbocycles. The SMILES string of the molecule is COc1cc(C(=O)Nc2c3c(nn2-c2ccccc2)CCC3)cc(Cl)c1OCC(N)=O. The average Bonchev–Trinajstić information content (AvgIpc) is 3.35. The van der Waals surface area contributed by atoms with Gasteiger partial charge < -0.3 is 20.5 Å². The van der Waals surface area contributed by atoms with E-state index in [1.807, 2.05) is 30.3 Å². The first-order valence-electron chi connectivity index (χ1n) is 9.74. The van der Waals surface area contributed by atoms with Gasteiger partial charge in [0.15, 0.2) is 18.1 Å². The number of para-hydroxylation sites is 1. The van der Waals surface area contributed by atoms with Crippen molar-refractivity contribution in [2.24, 2.45) is 5.73 Å². The first-order chi connectivity index (χ1) is 15.0. The number of aryl methyl sites for hydroxylation is 1. The van der Waals surface area contributed by atoms with E-state index in [2.05, 4.69) is 5.32 Å². The lowest BCUT2D eigenvalue weighted by atomic mass is 10.1. The number of anilines is 1. The molecule has 0 spiro atoms. The van der Waals surface area contributed by atoms with Crippen LogP contribution < -0.4 is 20.5 Å². The molecule has 0 saturated heterocycles. The normalized spacial score (nSPS) is 12.3. The predicted molar refractivity (Wildman–Crippen MR) is 116 cm³/mol. The second kappa shape index (κ2) is 8.69. The third-order valence-electron chi connectivity index (χ3n) is 4.99. The van der Waals surface area contributed by atoms with Crippen molar-refractivity contribution in [2.45, 2.75) is 19.3 Å². The molecular weight excluding hydrogens is 420 g/mol. The Morgan fingerprint density at radius 3 is 2.71 bits per heavy atom. The predicted octanol–water partition coefficient (Wildman–Crippen LogP) is 3.14. The summed E-state index contributed by atoms with van der Waals surface area (Å²) in [6.07, 6.45) is 2.73. The minimum Gasteiger partial charge on any atom is -0.493 e. The monoisotopic (exact) mass is 440 g/mol. The smallest absolute Gasteiger partial charge is 0.257 e. The van der Waals surface area contributed by atoms with Crippen molar-refractivity contribution in [3.8, 4) is 17.2 Å². The summed E-state index contributed by atoms with van der Waals surface area (Å²) >= 11 is 6.29. The molecule has 0 aliphatic heterocycles. The van der Waals surface area contributed by atoms with Crippen molar-refractivity contribution in [3.63, 3.8) is 0 Å². The number of methoxy groups -OCH3 is 1. The Bertz CT molecular complexity index is 1140. The molecule has 0 bridgehead atoms. The largest absolute Gasteiger partial charge is 0.493 e. The minimum atomic E-state index is -0.650. The molecule has 0 atom stereocenters. The Kier molecular flexibility index (Phi) is 5.81. The van der Waals surface area contributed by atoms with Crippen molar-refractivity contribution in [1.82, 2.24) is 9.78 Å². The molecule has 0 fully saturated rings. The molecule has 3 aromatic rings. The highest BCUT2D eigenvalue weighted by molar-refractivity contribution is 6.32. The summed E-state index contributed by atoms with van der Waals surface area (Å²) in [5.41, 5.74) is 8.29. The maximum absolute atomic E-state index is 13.1. The molecule has 0 saturated carbocycles. The molecule has 4 rings (SSSR count). The van der Waals surface area contributed by atoms with E-state index in [0.717, 1.165) is 36.2 Å². The summed E-state index contributed by atoms with van der Waals surface area (Å²) in [5, 5.41) is 7.82. The van der Waals surface area contributed by atoms with Crippen LogP contribution in [-0.2, 0) is 17.6 Å². The highest BCUT2D eigenvalue weighted by Gasteiger charge is 2.25. The van der Waals surface area contributed by atoms with Crippen molar-refractivity contribution < 1.29 is 19.1 Å². The first-order valence-corrected chi connectivity index (χ1v) is 10.1. The van der Waals surface area contributed by atoms with E-state index < -0.39 is 5.91 Å². The van der Waals surface area contributed by atoms with Gasteiger partial charge in [-0.1, -0.05) is 29.8 Å². The molecule has 1 aromatic heterocycles. The van der Waals surface area contributed by atoms with Crippen LogP contribution in [0.3, 0.4) is 0 Å². The fourth-order valence-electron chi connectivity index (χ4n) is 3.59. The molecular formula is C22H21ClN4O4. The van der Waals surface area contributed by atoms with E-state index >= 15 is 0 Å². The van der Waals surface area contributed by atoms with Crippen molar-refractivity contribution in [3.05, 3.63) is 64.3 Å². The van der Waals surface area contributed by atoms with E-state index in [1.165, 1.54) is 19.2 Å². The van der Waals surface area contributed by atoms with Crippen LogP contribution in [0.1, 0.15) is 28.0 Å². The van der Waals surface area contributed by atoms with Crippen LogP contribution >= 0.6 is 11.6 Å². The van der Waals surface area contributed by atoms with E-state index in [0.29, 0.717) is 5.82 Å². The number of primary amides is 1. The van der Waals surface area contributed by atoms with Gasteiger partial charge in [0.05, 0.1) is 23.5 Å². The van der Waals surface area contributed by atoms with Gasteiger partial charge in [-0.2, -0.15) is 5.10 Å².